The van der Waals surface area contributed by atoms with E-state index < -0.39 is 88.4 Å². The van der Waals surface area contributed by atoms with E-state index >= 15 is 0 Å². The molecule has 0 heterocycles. The van der Waals surface area contributed by atoms with Crippen molar-refractivity contribution in [2.75, 3.05) is 26.4 Å². The van der Waals surface area contributed by atoms with Gasteiger partial charge in [-0.2, -0.15) is 0 Å². The van der Waals surface area contributed by atoms with E-state index in [1.165, 1.54) is 0 Å². The van der Waals surface area contributed by atoms with Crippen molar-refractivity contribution in [2.24, 2.45) is 0 Å². The Kier molecular flexibility index (Phi) is 8.74. The van der Waals surface area contributed by atoms with Gasteiger partial charge in [-0.15, -0.1) is 0 Å². The van der Waals surface area contributed by atoms with Gasteiger partial charge in [-0.05, 0) is 0 Å². The zero-order chi connectivity index (χ0) is 27.9. The van der Waals surface area contributed by atoms with Crippen molar-refractivity contribution in [3.8, 4) is 11.5 Å². The predicted octanol–water partition coefficient (Wildman–Crippen LogP) is 2.61. The lowest BCUT2D eigenvalue weighted by molar-refractivity contribution is -0.404. The van der Waals surface area contributed by atoms with Crippen LogP contribution in [0.15, 0.2) is 24.3 Å². The quantitative estimate of drug-likeness (QED) is 0.193. The van der Waals surface area contributed by atoms with E-state index in [2.05, 4.69) is 0 Å². The summed E-state index contributed by atoms with van der Waals surface area (Å²) in [5.74, 6) is -1.73. The molecule has 21 nitrogen and oxygen atoms in total. The van der Waals surface area contributed by atoms with Gasteiger partial charge in [-0.25, -0.2) is 0 Å². The van der Waals surface area contributed by atoms with Gasteiger partial charge in [0.2, 0.25) is 0 Å². The van der Waals surface area contributed by atoms with E-state index in [9.17, 15) is 60.7 Å². The average molecular weight is 528 g/mol. The maximum absolute atomic E-state index is 11.2. The molecule has 21 heteroatoms. The fourth-order valence-electron chi connectivity index (χ4n) is 2.72. The van der Waals surface area contributed by atoms with E-state index in [1.54, 1.807) is 0 Å². The van der Waals surface area contributed by atoms with Gasteiger partial charge in [0.25, 0.3) is 22.9 Å². The lowest BCUT2D eigenvalue weighted by Crippen LogP contribution is -2.14. The van der Waals surface area contributed by atoms with Crippen molar-refractivity contribution < 1.29 is 43.8 Å². The third kappa shape index (κ3) is 6.72. The molecule has 0 spiro atoms. The summed E-state index contributed by atoms with van der Waals surface area (Å²) in [5.41, 5.74) is -5.98. The van der Waals surface area contributed by atoms with Crippen molar-refractivity contribution in [1.29, 1.82) is 0 Å². The largest absolute Gasteiger partial charge is 0.480 e. The van der Waals surface area contributed by atoms with Crippen molar-refractivity contribution >= 4 is 34.1 Å². The van der Waals surface area contributed by atoms with Crippen LogP contribution in [0.5, 0.6) is 11.5 Å². The Balaban J connectivity index is 2.05. The minimum Gasteiger partial charge on any atom is -0.480 e. The number of nitro benzene ring substituents is 6. The molecule has 0 aromatic heterocycles. The lowest BCUT2D eigenvalue weighted by Gasteiger charge is -2.09. The molecular formula is C16H12N6O15. The summed E-state index contributed by atoms with van der Waals surface area (Å²) in [4.78, 5) is 59.9. The normalized spacial score (nSPS) is 10.4. The number of ether oxygens (including phenoxy) is 3. The highest BCUT2D eigenvalue weighted by Gasteiger charge is 2.33. The molecule has 0 saturated carbocycles. The highest BCUT2D eigenvalue weighted by Crippen LogP contribution is 2.41. The first-order valence-corrected chi connectivity index (χ1v) is 9.40. The van der Waals surface area contributed by atoms with Gasteiger partial charge in [0.15, 0.2) is 0 Å². The molecule has 0 aliphatic carbocycles. The van der Waals surface area contributed by atoms with Gasteiger partial charge in [-0.3, -0.25) is 60.7 Å². The van der Waals surface area contributed by atoms with Crippen LogP contribution in [0, 0.1) is 60.7 Å². The average Bonchev–Trinajstić information content (AvgIpc) is 2.81. The molecule has 2 aromatic rings. The number of hydrogen-bond donors (Lipinski definition) is 0. The Morgan fingerprint density at radius 2 is 0.730 bits per heavy atom. The SMILES string of the molecule is O=[N+]([O-])c1cc([N+](=O)[O-])c(OCCOCCOc2c([N+](=O)[O-])cc([N+](=O)[O-])cc2[N+](=O)[O-])c([N+](=O)[O-])c1. The summed E-state index contributed by atoms with van der Waals surface area (Å²) >= 11 is 0. The highest BCUT2D eigenvalue weighted by atomic mass is 16.7. The van der Waals surface area contributed by atoms with Crippen molar-refractivity contribution in [2.45, 2.75) is 0 Å². The molecule has 0 unspecified atom stereocenters. The van der Waals surface area contributed by atoms with E-state index in [4.69, 9.17) is 14.2 Å². The first-order valence-electron chi connectivity index (χ1n) is 9.40. The second-order valence-electron chi connectivity index (χ2n) is 6.48. The standard InChI is InChI=1S/C16H12N6O15/c23-17(24)9-5-11(19(27)28)15(12(6-9)20(29)30)36-3-1-35-2-4-37-16-13(21(31)32)7-10(18(25)26)8-14(16)22(33)34/h5-8H,1-4H2. The Morgan fingerprint density at radius 3 is 0.946 bits per heavy atom. The Hall–Kier alpha value is -5.60. The molecule has 0 aliphatic rings. The molecule has 2 aromatic carbocycles. The summed E-state index contributed by atoms with van der Waals surface area (Å²) in [6, 6.07) is 1.89. The minimum atomic E-state index is -1.12. The maximum Gasteiger partial charge on any atom is 0.325 e. The smallest absolute Gasteiger partial charge is 0.325 e. The van der Waals surface area contributed by atoms with E-state index in [1.807, 2.05) is 0 Å². The van der Waals surface area contributed by atoms with Crippen LogP contribution in [0.1, 0.15) is 0 Å². The Labute approximate surface area is 201 Å². The number of nitro groups is 6. The summed E-state index contributed by atoms with van der Waals surface area (Å²) in [6.07, 6.45) is 0. The van der Waals surface area contributed by atoms with Crippen LogP contribution in [-0.2, 0) is 4.74 Å². The summed E-state index contributed by atoms with van der Waals surface area (Å²) in [7, 11) is 0. The Morgan fingerprint density at radius 1 is 0.459 bits per heavy atom. The van der Waals surface area contributed by atoms with Crippen molar-refractivity contribution in [1.82, 2.24) is 0 Å². The third-order valence-corrected chi connectivity index (χ3v) is 4.23. The fraction of sp³-hybridized carbons (Fsp3) is 0.250. The molecule has 0 N–H and O–H groups in total. The highest BCUT2D eigenvalue weighted by molar-refractivity contribution is 5.66. The number of rotatable bonds is 14. The van der Waals surface area contributed by atoms with Crippen LogP contribution in [-0.4, -0.2) is 56.0 Å². The molecule has 0 amide bonds. The topological polar surface area (TPSA) is 287 Å². The molecule has 196 valence electrons. The molecule has 0 aliphatic heterocycles. The van der Waals surface area contributed by atoms with Crippen LogP contribution in [0.25, 0.3) is 0 Å². The summed E-state index contributed by atoms with van der Waals surface area (Å²) < 4.78 is 15.1. The van der Waals surface area contributed by atoms with Crippen LogP contribution in [0.2, 0.25) is 0 Å². The maximum atomic E-state index is 11.2. The second kappa shape index (κ2) is 11.7. The van der Waals surface area contributed by atoms with Crippen LogP contribution >= 0.6 is 0 Å². The minimum absolute atomic E-state index is 0.390. The van der Waals surface area contributed by atoms with E-state index in [0.29, 0.717) is 24.3 Å². The van der Waals surface area contributed by atoms with Gasteiger partial charge in [-0.1, -0.05) is 0 Å². The monoisotopic (exact) mass is 528 g/mol. The molecule has 2 rings (SSSR count). The number of benzene rings is 2. The molecule has 0 radical (unpaired) electrons. The summed E-state index contributed by atoms with van der Waals surface area (Å²) in [5, 5.41) is 66.5. The second-order valence-corrected chi connectivity index (χ2v) is 6.48. The zero-order valence-corrected chi connectivity index (χ0v) is 17.9. The third-order valence-electron chi connectivity index (χ3n) is 4.23. The van der Waals surface area contributed by atoms with Gasteiger partial charge in [0.05, 0.1) is 67.0 Å². The summed E-state index contributed by atoms with van der Waals surface area (Å²) in [6.45, 7) is -1.84. The van der Waals surface area contributed by atoms with Gasteiger partial charge in [0, 0.05) is 0 Å². The zero-order valence-electron chi connectivity index (χ0n) is 17.9. The van der Waals surface area contributed by atoms with Crippen molar-refractivity contribution in [3.63, 3.8) is 0 Å². The van der Waals surface area contributed by atoms with Crippen LogP contribution < -0.4 is 9.47 Å². The first kappa shape index (κ1) is 27.6. The molecular weight excluding hydrogens is 516 g/mol. The number of non-ortho nitro benzene ring substituents is 2. The first-order chi connectivity index (χ1) is 17.3. The van der Waals surface area contributed by atoms with Crippen LogP contribution in [0.3, 0.4) is 0 Å². The van der Waals surface area contributed by atoms with Gasteiger partial charge < -0.3 is 14.2 Å². The van der Waals surface area contributed by atoms with Crippen LogP contribution in [0.4, 0.5) is 34.1 Å². The van der Waals surface area contributed by atoms with E-state index in [-0.39, 0.29) is 13.2 Å². The van der Waals surface area contributed by atoms with Gasteiger partial charge >= 0.3 is 22.7 Å². The van der Waals surface area contributed by atoms with Gasteiger partial charge in [0.1, 0.15) is 13.2 Å². The molecule has 37 heavy (non-hydrogen) atoms. The molecule has 0 atom stereocenters. The Bertz CT molecular complexity index is 1130. The van der Waals surface area contributed by atoms with Crippen molar-refractivity contribution in [3.05, 3.63) is 85.0 Å². The van der Waals surface area contributed by atoms with E-state index in [0.717, 1.165) is 0 Å². The molecule has 0 saturated heterocycles. The number of hydrogen-bond acceptors (Lipinski definition) is 15. The fourth-order valence-corrected chi connectivity index (χ4v) is 2.72. The molecule has 0 bridgehead atoms. The molecule has 0 fully saturated rings. The lowest BCUT2D eigenvalue weighted by atomic mass is 10.2. The predicted molar refractivity (Wildman–Crippen MR) is 115 cm³/mol. The number of nitrogens with zero attached hydrogens (tertiary/aromatic N) is 6.